The fourth-order valence-electron chi connectivity index (χ4n) is 12.0. The van der Waals surface area contributed by atoms with Crippen LogP contribution in [0, 0.1) is 0 Å². The first-order chi connectivity index (χ1) is 37.7. The number of benzene rings is 10. The highest BCUT2D eigenvalue weighted by Gasteiger charge is 2.33. The molecule has 76 heavy (non-hydrogen) atoms. The van der Waals surface area contributed by atoms with E-state index >= 15 is 0 Å². The van der Waals surface area contributed by atoms with Crippen LogP contribution in [0.2, 0.25) is 0 Å². The third kappa shape index (κ3) is 6.20. The Kier molecular flexibility index (Phi) is 9.20. The van der Waals surface area contributed by atoms with Crippen LogP contribution in [-0.4, -0.2) is 28.7 Å². The van der Waals surface area contributed by atoms with Crippen LogP contribution in [0.5, 0.6) is 0 Å². The van der Waals surface area contributed by atoms with Gasteiger partial charge in [-0.25, -0.2) is 15.0 Å². The molecule has 0 saturated carbocycles. The quantitative estimate of drug-likeness (QED) is 0.160. The van der Waals surface area contributed by atoms with E-state index in [0.717, 1.165) is 132 Å². The van der Waals surface area contributed by atoms with Crippen LogP contribution < -0.4 is 0 Å². The van der Waals surface area contributed by atoms with Crippen LogP contribution in [0.25, 0.3) is 150 Å². The van der Waals surface area contributed by atoms with E-state index in [4.69, 9.17) is 19.4 Å². The standard InChI is InChI=1S/C69H42N6O/c1-3-22-43(23-4-1)54-42-55(44-24-5-2-6-25-44)71-67(70-54)64-63(53-34-21-33-52-51-32-13-20-41-62(51)76-66(52)53)68(74-58-37-16-9-28-47(58)48-29-10-17-38-59(48)74)72-69(75-60-39-18-11-30-49(60)50-31-12-19-40-61(50)75)65(64)73-56-35-14-7-26-45(56)46-27-8-15-36-57(46)73/h1-42H. The van der Waals surface area contributed by atoms with Crippen LogP contribution in [0.3, 0.4) is 0 Å². The fourth-order valence-corrected chi connectivity index (χ4v) is 12.0. The zero-order chi connectivity index (χ0) is 49.8. The molecule has 0 saturated heterocycles. The minimum atomic E-state index is 0.534. The van der Waals surface area contributed by atoms with Gasteiger partial charge >= 0.3 is 0 Å². The number of para-hydroxylation sites is 8. The SMILES string of the molecule is c1ccc(-c2cc(-c3ccccc3)nc(-c3c(-c4cccc5c4oc4ccccc45)c(-n4c5ccccc5c5ccccc54)nc(-n4c5ccccc5c5ccccc54)c3-n3c4ccccc4c4ccccc43)n2)cc1. The van der Waals surface area contributed by atoms with Gasteiger partial charge in [-0.3, -0.25) is 9.13 Å². The molecule has 6 aromatic heterocycles. The molecule has 6 heterocycles. The number of hydrogen-bond acceptors (Lipinski definition) is 4. The van der Waals surface area contributed by atoms with Gasteiger partial charge in [0.1, 0.15) is 22.7 Å². The van der Waals surface area contributed by atoms with E-state index in [1.807, 2.05) is 6.07 Å². The molecule has 0 bridgehead atoms. The topological polar surface area (TPSA) is 66.6 Å². The van der Waals surface area contributed by atoms with Crippen molar-refractivity contribution in [2.45, 2.75) is 0 Å². The maximum Gasteiger partial charge on any atom is 0.165 e. The third-order valence-electron chi connectivity index (χ3n) is 15.3. The summed E-state index contributed by atoms with van der Waals surface area (Å²) in [6.45, 7) is 0. The monoisotopic (exact) mass is 970 g/mol. The molecule has 16 aromatic rings. The summed E-state index contributed by atoms with van der Waals surface area (Å²) >= 11 is 0. The molecule has 16 rings (SSSR count). The van der Waals surface area contributed by atoms with Crippen LogP contribution in [0.1, 0.15) is 0 Å². The van der Waals surface area contributed by atoms with Crippen molar-refractivity contribution in [2.24, 2.45) is 0 Å². The molecule has 7 nitrogen and oxygen atoms in total. The van der Waals surface area contributed by atoms with Crippen LogP contribution in [0.4, 0.5) is 0 Å². The largest absolute Gasteiger partial charge is 0.455 e. The molecule has 0 N–H and O–H groups in total. The maximum absolute atomic E-state index is 7.16. The van der Waals surface area contributed by atoms with E-state index in [1.165, 1.54) is 0 Å². The molecule has 0 fully saturated rings. The number of furan rings is 1. The minimum absolute atomic E-state index is 0.534. The second kappa shape index (κ2) is 16.6. The number of aromatic nitrogens is 6. The summed E-state index contributed by atoms with van der Waals surface area (Å²) in [5, 5.41) is 8.75. The van der Waals surface area contributed by atoms with Crippen molar-refractivity contribution in [3.63, 3.8) is 0 Å². The summed E-state index contributed by atoms with van der Waals surface area (Å²) in [5.41, 5.74) is 14.5. The van der Waals surface area contributed by atoms with Crippen molar-refractivity contribution in [3.8, 4) is 62.4 Å². The van der Waals surface area contributed by atoms with Crippen molar-refractivity contribution in [1.82, 2.24) is 28.7 Å². The van der Waals surface area contributed by atoms with E-state index in [9.17, 15) is 0 Å². The van der Waals surface area contributed by atoms with Gasteiger partial charge < -0.3 is 8.98 Å². The van der Waals surface area contributed by atoms with Crippen molar-refractivity contribution in [2.75, 3.05) is 0 Å². The van der Waals surface area contributed by atoms with Crippen molar-refractivity contribution in [1.29, 1.82) is 0 Å². The highest BCUT2D eigenvalue weighted by Crippen LogP contribution is 2.50. The molecular weight excluding hydrogens is 929 g/mol. The highest BCUT2D eigenvalue weighted by atomic mass is 16.3. The summed E-state index contributed by atoms with van der Waals surface area (Å²) in [6, 6.07) is 90.0. The van der Waals surface area contributed by atoms with E-state index in [2.05, 4.69) is 262 Å². The lowest BCUT2D eigenvalue weighted by Crippen LogP contribution is -2.14. The van der Waals surface area contributed by atoms with Crippen molar-refractivity contribution in [3.05, 3.63) is 255 Å². The average Bonchev–Trinajstić information content (AvgIpc) is 4.40. The maximum atomic E-state index is 7.16. The summed E-state index contributed by atoms with van der Waals surface area (Å²) in [4.78, 5) is 18.0. The zero-order valence-corrected chi connectivity index (χ0v) is 40.8. The van der Waals surface area contributed by atoms with Gasteiger partial charge in [0.15, 0.2) is 11.6 Å². The lowest BCUT2D eigenvalue weighted by Gasteiger charge is -2.25. The molecule has 0 amide bonds. The van der Waals surface area contributed by atoms with Gasteiger partial charge in [-0.1, -0.05) is 206 Å². The van der Waals surface area contributed by atoms with E-state index in [0.29, 0.717) is 17.5 Å². The Hall–Kier alpha value is -10.4. The molecule has 0 aliphatic rings. The van der Waals surface area contributed by atoms with E-state index < -0.39 is 0 Å². The first-order valence-electron chi connectivity index (χ1n) is 25.7. The number of pyridine rings is 1. The Morgan fingerprint density at radius 2 is 0.671 bits per heavy atom. The van der Waals surface area contributed by atoms with Gasteiger partial charge in [0, 0.05) is 65.3 Å². The highest BCUT2D eigenvalue weighted by molar-refractivity contribution is 6.17. The molecule has 0 radical (unpaired) electrons. The predicted octanol–water partition coefficient (Wildman–Crippen LogP) is 17.7. The summed E-state index contributed by atoms with van der Waals surface area (Å²) in [7, 11) is 0. The smallest absolute Gasteiger partial charge is 0.165 e. The van der Waals surface area contributed by atoms with Gasteiger partial charge in [-0.2, -0.15) is 0 Å². The van der Waals surface area contributed by atoms with Gasteiger partial charge in [0.05, 0.1) is 50.1 Å². The van der Waals surface area contributed by atoms with E-state index in [-0.39, 0.29) is 0 Å². The first kappa shape index (κ1) is 42.2. The second-order valence-electron chi connectivity index (χ2n) is 19.4. The summed E-state index contributed by atoms with van der Waals surface area (Å²) in [6.07, 6.45) is 0. The molecule has 0 spiro atoms. The predicted molar refractivity (Wildman–Crippen MR) is 312 cm³/mol. The molecule has 354 valence electrons. The van der Waals surface area contributed by atoms with Crippen molar-refractivity contribution >= 4 is 87.4 Å². The van der Waals surface area contributed by atoms with Gasteiger partial charge in [0.25, 0.3) is 0 Å². The van der Waals surface area contributed by atoms with Crippen molar-refractivity contribution < 1.29 is 4.42 Å². The Morgan fingerprint density at radius 3 is 1.14 bits per heavy atom. The Morgan fingerprint density at radius 1 is 0.289 bits per heavy atom. The van der Waals surface area contributed by atoms with Gasteiger partial charge in [0.2, 0.25) is 0 Å². The Bertz CT molecular complexity index is 4790. The molecule has 7 heteroatoms. The third-order valence-corrected chi connectivity index (χ3v) is 15.3. The molecule has 0 aliphatic heterocycles. The molecule has 10 aromatic carbocycles. The molecular formula is C69H42N6O. The minimum Gasteiger partial charge on any atom is -0.455 e. The van der Waals surface area contributed by atoms with Gasteiger partial charge in [-0.05, 0) is 48.5 Å². The average molecular weight is 971 g/mol. The van der Waals surface area contributed by atoms with Crippen LogP contribution in [0.15, 0.2) is 259 Å². The Balaban J connectivity index is 1.23. The molecule has 0 unspecified atom stereocenters. The number of hydrogen-bond donors (Lipinski definition) is 0. The second-order valence-corrected chi connectivity index (χ2v) is 19.4. The number of nitrogens with zero attached hydrogens (tertiary/aromatic N) is 6. The number of fused-ring (bicyclic) bond motifs is 12. The normalized spacial score (nSPS) is 11.9. The summed E-state index contributed by atoms with van der Waals surface area (Å²) in [5.74, 6) is 1.95. The number of rotatable bonds is 7. The summed E-state index contributed by atoms with van der Waals surface area (Å²) < 4.78 is 14.3. The molecule has 0 atom stereocenters. The van der Waals surface area contributed by atoms with E-state index in [1.54, 1.807) is 0 Å². The lowest BCUT2D eigenvalue weighted by atomic mass is 9.95. The molecule has 0 aliphatic carbocycles. The lowest BCUT2D eigenvalue weighted by molar-refractivity contribution is 0.670. The zero-order valence-electron chi connectivity index (χ0n) is 40.8. The first-order valence-corrected chi connectivity index (χ1v) is 25.7. The van der Waals surface area contributed by atoms with Gasteiger partial charge in [-0.15, -0.1) is 0 Å². The van der Waals surface area contributed by atoms with Crippen LogP contribution >= 0.6 is 0 Å². The fraction of sp³-hybridized carbons (Fsp3) is 0. The Labute approximate surface area is 435 Å². The van der Waals surface area contributed by atoms with Crippen LogP contribution in [-0.2, 0) is 0 Å².